The Morgan fingerprint density at radius 3 is 2.74 bits per heavy atom. The predicted molar refractivity (Wildman–Crippen MR) is 82.7 cm³/mol. The summed E-state index contributed by atoms with van der Waals surface area (Å²) in [6.07, 6.45) is 2.93. The zero-order valence-corrected chi connectivity index (χ0v) is 12.3. The molecule has 0 saturated heterocycles. The summed E-state index contributed by atoms with van der Waals surface area (Å²) in [5, 5.41) is 20.1. The van der Waals surface area contributed by atoms with Gasteiger partial charge in [0.2, 0.25) is 5.91 Å². The van der Waals surface area contributed by atoms with E-state index in [4.69, 9.17) is 5.11 Å². The van der Waals surface area contributed by atoms with Crippen molar-refractivity contribution in [3.63, 3.8) is 0 Å². The van der Waals surface area contributed by atoms with Gasteiger partial charge in [-0.3, -0.25) is 9.48 Å². The standard InChI is InChI=1S/C14H16FN5O3/c1-9(22)17-10-2-3-12(15)13(6-10)19-14(23)18-11-7-16-20(8-11)4-5-21/h2-3,6-8,21H,4-5H2,1H3,(H,17,22)(H2,18,19,23). The van der Waals surface area contributed by atoms with Crippen LogP contribution in [-0.4, -0.2) is 33.4 Å². The Hall–Kier alpha value is -2.94. The maximum Gasteiger partial charge on any atom is 0.323 e. The maximum atomic E-state index is 13.7. The average molecular weight is 321 g/mol. The first kappa shape index (κ1) is 16.4. The van der Waals surface area contributed by atoms with Crippen LogP contribution in [0.5, 0.6) is 0 Å². The summed E-state index contributed by atoms with van der Waals surface area (Å²) in [7, 11) is 0. The Bertz CT molecular complexity index is 716. The first-order valence-corrected chi connectivity index (χ1v) is 6.76. The predicted octanol–water partition coefficient (Wildman–Crippen LogP) is 1.62. The molecule has 122 valence electrons. The molecule has 23 heavy (non-hydrogen) atoms. The average Bonchev–Trinajstić information content (AvgIpc) is 2.89. The van der Waals surface area contributed by atoms with Gasteiger partial charge in [0.1, 0.15) is 5.82 Å². The molecule has 1 heterocycles. The molecular formula is C14H16FN5O3. The van der Waals surface area contributed by atoms with E-state index >= 15 is 0 Å². The van der Waals surface area contributed by atoms with E-state index in [0.717, 1.165) is 6.07 Å². The van der Waals surface area contributed by atoms with Gasteiger partial charge in [-0.25, -0.2) is 9.18 Å². The van der Waals surface area contributed by atoms with E-state index in [-0.39, 0.29) is 18.2 Å². The summed E-state index contributed by atoms with van der Waals surface area (Å²) in [6, 6.07) is 3.18. The number of hydrogen-bond donors (Lipinski definition) is 4. The zero-order chi connectivity index (χ0) is 16.8. The largest absolute Gasteiger partial charge is 0.394 e. The molecule has 0 aliphatic heterocycles. The number of amides is 3. The van der Waals surface area contributed by atoms with Gasteiger partial charge < -0.3 is 21.1 Å². The highest BCUT2D eigenvalue weighted by atomic mass is 19.1. The van der Waals surface area contributed by atoms with Crippen LogP contribution in [0.2, 0.25) is 0 Å². The van der Waals surface area contributed by atoms with Gasteiger partial charge in [0.05, 0.1) is 30.7 Å². The van der Waals surface area contributed by atoms with Crippen LogP contribution in [0.25, 0.3) is 0 Å². The smallest absolute Gasteiger partial charge is 0.323 e. The molecule has 4 N–H and O–H groups in total. The summed E-state index contributed by atoms with van der Waals surface area (Å²) in [5.74, 6) is -0.937. The lowest BCUT2D eigenvalue weighted by Gasteiger charge is -2.09. The van der Waals surface area contributed by atoms with Crippen molar-refractivity contribution in [2.24, 2.45) is 0 Å². The quantitative estimate of drug-likeness (QED) is 0.671. The fourth-order valence-electron chi connectivity index (χ4n) is 1.84. The summed E-state index contributed by atoms with van der Waals surface area (Å²) in [6.45, 7) is 1.55. The van der Waals surface area contributed by atoms with E-state index < -0.39 is 11.8 Å². The number of nitrogens with zero attached hydrogens (tertiary/aromatic N) is 2. The molecule has 1 aromatic carbocycles. The topological polar surface area (TPSA) is 108 Å². The molecule has 0 fully saturated rings. The van der Waals surface area contributed by atoms with Gasteiger partial charge >= 0.3 is 6.03 Å². The summed E-state index contributed by atoms with van der Waals surface area (Å²) in [5.41, 5.74) is 0.691. The number of carbonyl (C=O) groups is 2. The molecule has 0 atom stereocenters. The van der Waals surface area contributed by atoms with Gasteiger partial charge in [-0.2, -0.15) is 5.10 Å². The van der Waals surface area contributed by atoms with Crippen LogP contribution in [0.15, 0.2) is 30.6 Å². The minimum Gasteiger partial charge on any atom is -0.394 e. The summed E-state index contributed by atoms with van der Waals surface area (Å²) in [4.78, 5) is 22.9. The molecule has 0 spiro atoms. The van der Waals surface area contributed by atoms with Crippen LogP contribution in [0.3, 0.4) is 0 Å². The van der Waals surface area contributed by atoms with Crippen LogP contribution in [0, 0.1) is 5.82 Å². The SMILES string of the molecule is CC(=O)Nc1ccc(F)c(NC(=O)Nc2cnn(CCO)c2)c1. The summed E-state index contributed by atoms with van der Waals surface area (Å²) >= 11 is 0. The molecule has 9 heteroatoms. The van der Waals surface area contributed by atoms with Crippen molar-refractivity contribution >= 4 is 29.0 Å². The van der Waals surface area contributed by atoms with Crippen LogP contribution in [0.4, 0.5) is 26.2 Å². The molecule has 1 aromatic heterocycles. The third kappa shape index (κ3) is 4.78. The fourth-order valence-corrected chi connectivity index (χ4v) is 1.84. The number of nitrogens with one attached hydrogen (secondary N) is 3. The second-order valence-electron chi connectivity index (χ2n) is 4.67. The number of halogens is 1. The second kappa shape index (κ2) is 7.36. The Morgan fingerprint density at radius 2 is 2.04 bits per heavy atom. The van der Waals surface area contributed by atoms with Crippen molar-refractivity contribution in [1.82, 2.24) is 9.78 Å². The van der Waals surface area contributed by atoms with Gasteiger partial charge in [-0.05, 0) is 18.2 Å². The molecule has 0 aliphatic carbocycles. The molecule has 2 aromatic rings. The number of benzene rings is 1. The van der Waals surface area contributed by atoms with Gasteiger partial charge in [-0.1, -0.05) is 0 Å². The highest BCUT2D eigenvalue weighted by molar-refractivity contribution is 6.00. The molecule has 2 rings (SSSR count). The number of urea groups is 1. The van der Waals surface area contributed by atoms with Gasteiger partial charge in [0.25, 0.3) is 0 Å². The molecule has 3 amide bonds. The number of aliphatic hydroxyl groups is 1. The van der Waals surface area contributed by atoms with Crippen molar-refractivity contribution in [2.75, 3.05) is 22.6 Å². The van der Waals surface area contributed by atoms with Crippen LogP contribution in [-0.2, 0) is 11.3 Å². The van der Waals surface area contributed by atoms with Crippen molar-refractivity contribution in [1.29, 1.82) is 0 Å². The van der Waals surface area contributed by atoms with E-state index in [2.05, 4.69) is 21.0 Å². The first-order chi connectivity index (χ1) is 11.0. The van der Waals surface area contributed by atoms with Crippen LogP contribution in [0.1, 0.15) is 6.92 Å². The van der Waals surface area contributed by atoms with Crippen molar-refractivity contribution in [2.45, 2.75) is 13.5 Å². The minimum absolute atomic E-state index is 0.0727. The lowest BCUT2D eigenvalue weighted by Crippen LogP contribution is -2.20. The van der Waals surface area contributed by atoms with E-state index in [0.29, 0.717) is 17.9 Å². The lowest BCUT2D eigenvalue weighted by atomic mass is 10.2. The minimum atomic E-state index is -0.660. The monoisotopic (exact) mass is 321 g/mol. The Morgan fingerprint density at radius 1 is 1.26 bits per heavy atom. The van der Waals surface area contributed by atoms with Crippen LogP contribution < -0.4 is 16.0 Å². The highest BCUT2D eigenvalue weighted by Crippen LogP contribution is 2.20. The number of aromatic nitrogens is 2. The molecule has 0 unspecified atom stereocenters. The van der Waals surface area contributed by atoms with E-state index in [9.17, 15) is 14.0 Å². The zero-order valence-electron chi connectivity index (χ0n) is 12.3. The number of carbonyl (C=O) groups excluding carboxylic acids is 2. The van der Waals surface area contributed by atoms with E-state index in [1.165, 1.54) is 36.1 Å². The Labute approximate surface area is 131 Å². The van der Waals surface area contributed by atoms with E-state index in [1.807, 2.05) is 0 Å². The molecule has 0 radical (unpaired) electrons. The van der Waals surface area contributed by atoms with Crippen molar-refractivity contribution in [3.8, 4) is 0 Å². The lowest BCUT2D eigenvalue weighted by molar-refractivity contribution is -0.114. The van der Waals surface area contributed by atoms with Gasteiger partial charge in [-0.15, -0.1) is 0 Å². The highest BCUT2D eigenvalue weighted by Gasteiger charge is 2.10. The number of anilines is 3. The third-order valence-electron chi connectivity index (χ3n) is 2.76. The van der Waals surface area contributed by atoms with Crippen LogP contribution >= 0.6 is 0 Å². The molecule has 8 nitrogen and oxygen atoms in total. The third-order valence-corrected chi connectivity index (χ3v) is 2.76. The van der Waals surface area contributed by atoms with Crippen molar-refractivity contribution < 1.29 is 19.1 Å². The number of hydrogen-bond acceptors (Lipinski definition) is 4. The van der Waals surface area contributed by atoms with E-state index in [1.54, 1.807) is 0 Å². The Balaban J connectivity index is 2.02. The molecule has 0 aliphatic rings. The maximum absolute atomic E-state index is 13.7. The number of aliphatic hydroxyl groups excluding tert-OH is 1. The normalized spacial score (nSPS) is 10.2. The van der Waals surface area contributed by atoms with Gasteiger partial charge in [0.15, 0.2) is 0 Å². The fraction of sp³-hybridized carbons (Fsp3) is 0.214. The number of rotatable bonds is 5. The summed E-state index contributed by atoms with van der Waals surface area (Å²) < 4.78 is 15.2. The van der Waals surface area contributed by atoms with Gasteiger partial charge in [0, 0.05) is 18.8 Å². The Kier molecular flexibility index (Phi) is 5.26. The molecule has 0 bridgehead atoms. The first-order valence-electron chi connectivity index (χ1n) is 6.76. The molecular weight excluding hydrogens is 305 g/mol. The van der Waals surface area contributed by atoms with Crippen molar-refractivity contribution in [3.05, 3.63) is 36.4 Å². The molecule has 0 saturated carbocycles. The second-order valence-corrected chi connectivity index (χ2v) is 4.67.